The number of nitrogens with one attached hydrogen (secondary N) is 1. The normalized spacial score (nSPS) is 10.5. The van der Waals surface area contributed by atoms with Crippen molar-refractivity contribution in [2.45, 2.75) is 0 Å². The van der Waals surface area contributed by atoms with Crippen molar-refractivity contribution < 1.29 is 14.6 Å². The number of fused-ring (bicyclic) bond motifs is 2. The first kappa shape index (κ1) is 20.5. The van der Waals surface area contributed by atoms with Crippen LogP contribution in [0.5, 0.6) is 0 Å². The van der Waals surface area contributed by atoms with Crippen molar-refractivity contribution in [1.82, 2.24) is 9.55 Å². The molecule has 2 aromatic heterocycles. The summed E-state index contributed by atoms with van der Waals surface area (Å²) in [6.45, 7) is 0. The van der Waals surface area contributed by atoms with Gasteiger partial charge in [-0.1, -0.05) is 18.2 Å². The van der Waals surface area contributed by atoms with Gasteiger partial charge in [0, 0.05) is 58.5 Å². The molecule has 5 rings (SSSR count). The van der Waals surface area contributed by atoms with E-state index in [1.54, 1.807) is 60.9 Å². The number of rotatable bonds is 3. The fourth-order valence-corrected chi connectivity index (χ4v) is 3.29. The second-order valence-electron chi connectivity index (χ2n) is 6.86. The van der Waals surface area contributed by atoms with Gasteiger partial charge in [-0.15, -0.1) is 0 Å². The van der Waals surface area contributed by atoms with Crippen molar-refractivity contribution >= 4 is 39.1 Å². The molecule has 158 valence electrons. The number of hydrogen-bond donors (Lipinski definition) is 1. The zero-order valence-corrected chi connectivity index (χ0v) is 16.5. The monoisotopic (exact) mass is 428 g/mol. The molecule has 0 unspecified atom stereocenters. The summed E-state index contributed by atoms with van der Waals surface area (Å²) in [5.74, 6) is -0.158. The van der Waals surface area contributed by atoms with Crippen LogP contribution in [0.1, 0.15) is 10.4 Å². The lowest BCUT2D eigenvalue weighted by atomic mass is 10.2. The summed E-state index contributed by atoms with van der Waals surface area (Å²) in [6.07, 6.45) is 3.39. The van der Waals surface area contributed by atoms with Gasteiger partial charge in [0.2, 0.25) is 0 Å². The smallest absolute Gasteiger partial charge is 0.270 e. The molecule has 1 N–H and O–H groups in total. The Morgan fingerprint density at radius 2 is 1.44 bits per heavy atom. The average Bonchev–Trinajstić information content (AvgIpc) is 3.45. The van der Waals surface area contributed by atoms with Gasteiger partial charge in [0.05, 0.1) is 15.4 Å². The van der Waals surface area contributed by atoms with Gasteiger partial charge in [-0.25, -0.2) is 0 Å². The van der Waals surface area contributed by atoms with E-state index in [0.717, 1.165) is 10.9 Å². The fraction of sp³-hybridized carbons (Fsp3) is 0. The second-order valence-corrected chi connectivity index (χ2v) is 6.86. The number of hydrogen-bond acceptors (Lipinski definition) is 5. The third-order valence-corrected chi connectivity index (χ3v) is 4.87. The number of carbonyl (C=O) groups excluding carboxylic acids is 1. The quantitative estimate of drug-likeness (QED) is 0.308. The Balaban J connectivity index is 0.000000174. The molecular weight excluding hydrogens is 412 g/mol. The van der Waals surface area contributed by atoms with Crippen LogP contribution < -0.4 is 0 Å². The minimum atomic E-state index is -0.449. The van der Waals surface area contributed by atoms with E-state index in [2.05, 4.69) is 4.98 Å². The van der Waals surface area contributed by atoms with Gasteiger partial charge < -0.3 is 4.98 Å². The minimum Gasteiger partial charge on any atom is -0.361 e. The highest BCUT2D eigenvalue weighted by molar-refractivity contribution is 6.02. The molecule has 0 saturated carbocycles. The molecule has 0 aliphatic heterocycles. The number of benzene rings is 3. The number of non-ortho nitro benzene ring substituents is 2. The molecule has 9 heteroatoms. The van der Waals surface area contributed by atoms with Gasteiger partial charge in [-0.3, -0.25) is 29.6 Å². The van der Waals surface area contributed by atoms with Crippen LogP contribution in [-0.4, -0.2) is 25.3 Å². The Hall–Kier alpha value is -4.79. The maximum atomic E-state index is 12.4. The second kappa shape index (κ2) is 8.52. The topological polar surface area (TPSA) is 124 Å². The zero-order chi connectivity index (χ0) is 22.7. The first-order valence-electron chi connectivity index (χ1n) is 9.51. The molecule has 0 spiro atoms. The number of aromatic nitrogens is 2. The van der Waals surface area contributed by atoms with Crippen LogP contribution in [0.4, 0.5) is 11.4 Å². The van der Waals surface area contributed by atoms with Crippen molar-refractivity contribution in [2.24, 2.45) is 0 Å². The molecular formula is C23H16N4O5. The molecule has 5 aromatic rings. The van der Waals surface area contributed by atoms with E-state index in [-0.39, 0.29) is 17.3 Å². The highest BCUT2D eigenvalue weighted by atomic mass is 16.6. The van der Waals surface area contributed by atoms with Crippen molar-refractivity contribution in [3.8, 4) is 0 Å². The third-order valence-electron chi connectivity index (χ3n) is 4.87. The lowest BCUT2D eigenvalue weighted by molar-refractivity contribution is -0.384. The molecule has 2 heterocycles. The number of nitrogens with zero attached hydrogens (tertiary/aromatic N) is 3. The van der Waals surface area contributed by atoms with E-state index in [9.17, 15) is 25.0 Å². The Bertz CT molecular complexity index is 1450. The van der Waals surface area contributed by atoms with Crippen molar-refractivity contribution in [1.29, 1.82) is 0 Å². The molecule has 0 aliphatic carbocycles. The minimum absolute atomic E-state index is 0.0161. The highest BCUT2D eigenvalue weighted by Gasteiger charge is 2.13. The van der Waals surface area contributed by atoms with Gasteiger partial charge in [-0.05, 0) is 36.4 Å². The van der Waals surface area contributed by atoms with E-state index in [4.69, 9.17) is 0 Å². The summed E-state index contributed by atoms with van der Waals surface area (Å²) >= 11 is 0. The summed E-state index contributed by atoms with van der Waals surface area (Å²) in [6, 6.07) is 21.6. The van der Waals surface area contributed by atoms with E-state index in [0.29, 0.717) is 16.5 Å². The molecule has 9 nitrogen and oxygen atoms in total. The predicted molar refractivity (Wildman–Crippen MR) is 120 cm³/mol. The zero-order valence-electron chi connectivity index (χ0n) is 16.5. The Morgan fingerprint density at radius 3 is 2.12 bits per heavy atom. The van der Waals surface area contributed by atoms with E-state index >= 15 is 0 Å². The molecule has 0 bridgehead atoms. The summed E-state index contributed by atoms with van der Waals surface area (Å²) in [5.41, 5.74) is 2.29. The first-order chi connectivity index (χ1) is 15.4. The Morgan fingerprint density at radius 1 is 0.781 bits per heavy atom. The Kier molecular flexibility index (Phi) is 5.45. The number of carbonyl (C=O) groups is 1. The molecule has 0 atom stereocenters. The molecule has 0 aliphatic rings. The molecule has 0 radical (unpaired) electrons. The number of nitro benzene ring substituents is 2. The van der Waals surface area contributed by atoms with Crippen LogP contribution in [-0.2, 0) is 0 Å². The summed E-state index contributed by atoms with van der Waals surface area (Å²) < 4.78 is 1.49. The van der Waals surface area contributed by atoms with Crippen LogP contribution >= 0.6 is 0 Å². The maximum Gasteiger partial charge on any atom is 0.270 e. The number of nitro groups is 2. The maximum absolute atomic E-state index is 12.4. The van der Waals surface area contributed by atoms with Crippen LogP contribution in [0.25, 0.3) is 21.8 Å². The van der Waals surface area contributed by atoms with Crippen LogP contribution in [0, 0.1) is 20.2 Å². The molecule has 0 amide bonds. The lowest BCUT2D eigenvalue weighted by Gasteiger charge is -2.03. The third kappa shape index (κ3) is 4.08. The van der Waals surface area contributed by atoms with Gasteiger partial charge in [-0.2, -0.15) is 0 Å². The van der Waals surface area contributed by atoms with Crippen molar-refractivity contribution in [3.63, 3.8) is 0 Å². The predicted octanol–water partition coefficient (Wildman–Crippen LogP) is 5.31. The Labute approximate surface area is 180 Å². The SMILES string of the molecule is O=C(c1ccccc1)n1ccc2cc([N+](=O)[O-])ccc21.O=[N+]([O-])c1ccc2[nH]ccc2c1. The van der Waals surface area contributed by atoms with E-state index < -0.39 is 9.85 Å². The van der Waals surface area contributed by atoms with Crippen molar-refractivity contribution in [2.75, 3.05) is 0 Å². The summed E-state index contributed by atoms with van der Waals surface area (Å²) in [7, 11) is 0. The van der Waals surface area contributed by atoms with Gasteiger partial charge in [0.1, 0.15) is 0 Å². The van der Waals surface area contributed by atoms with Gasteiger partial charge in [0.15, 0.2) is 0 Å². The lowest BCUT2D eigenvalue weighted by Crippen LogP contribution is -2.10. The molecule has 32 heavy (non-hydrogen) atoms. The summed E-state index contributed by atoms with van der Waals surface area (Å²) in [4.78, 5) is 35.6. The average molecular weight is 428 g/mol. The van der Waals surface area contributed by atoms with Crippen molar-refractivity contribution in [3.05, 3.63) is 117 Å². The molecule has 0 fully saturated rings. The molecule has 0 saturated heterocycles. The first-order valence-corrected chi connectivity index (χ1v) is 9.51. The fourth-order valence-electron chi connectivity index (χ4n) is 3.29. The number of aromatic amines is 1. The van der Waals surface area contributed by atoms with E-state index in [1.165, 1.54) is 22.8 Å². The summed E-state index contributed by atoms with van der Waals surface area (Å²) in [5, 5.41) is 22.6. The number of H-pyrrole nitrogens is 1. The largest absolute Gasteiger partial charge is 0.361 e. The highest BCUT2D eigenvalue weighted by Crippen LogP contribution is 2.23. The molecule has 3 aromatic carbocycles. The van der Waals surface area contributed by atoms with E-state index in [1.807, 2.05) is 12.1 Å². The van der Waals surface area contributed by atoms with Gasteiger partial charge in [0.25, 0.3) is 17.3 Å². The standard InChI is InChI=1S/C15H10N2O3.C8H6N2O2/c18-15(11-4-2-1-3-5-11)16-9-8-12-10-13(17(19)20)6-7-14(12)16;11-10(12)7-1-2-8-6(5-7)3-4-9-8/h1-10H;1-5,9H. The van der Waals surface area contributed by atoms with Crippen LogP contribution in [0.2, 0.25) is 0 Å². The van der Waals surface area contributed by atoms with Crippen LogP contribution in [0.15, 0.2) is 91.3 Å². The van der Waals surface area contributed by atoms with Gasteiger partial charge >= 0.3 is 0 Å². The van der Waals surface area contributed by atoms with Crippen LogP contribution in [0.3, 0.4) is 0 Å².